The second-order valence-electron chi connectivity index (χ2n) is 6.15. The van der Waals surface area contributed by atoms with Crippen molar-refractivity contribution < 1.29 is 18.3 Å². The Hall–Kier alpha value is -2.47. The summed E-state index contributed by atoms with van der Waals surface area (Å²) in [6.07, 6.45) is 0.790. The average Bonchev–Trinajstić information content (AvgIpc) is 2.67. The third kappa shape index (κ3) is 6.32. The van der Waals surface area contributed by atoms with Crippen LogP contribution in [0.3, 0.4) is 0 Å². The molecule has 0 saturated carbocycles. The third-order valence-corrected chi connectivity index (χ3v) is 4.49. The van der Waals surface area contributed by atoms with Gasteiger partial charge in [0.1, 0.15) is 5.75 Å². The molecule has 1 N–H and O–H groups in total. The Bertz CT molecular complexity index is 706. The average molecular weight is 376 g/mol. The van der Waals surface area contributed by atoms with Gasteiger partial charge < -0.3 is 10.1 Å². The van der Waals surface area contributed by atoms with E-state index in [1.807, 2.05) is 18.2 Å². The standard InChI is InChI=1S/C21H26F2N2O2/c1-3-25(4-2)17(14-16-10-6-5-7-11-16)15-24-20(26)18-12-8-9-13-19(18)27-21(22)23/h5-13,17,21H,3-4,14-15H2,1-2H3,(H,24,26). The van der Waals surface area contributed by atoms with Gasteiger partial charge >= 0.3 is 6.61 Å². The molecule has 146 valence electrons. The summed E-state index contributed by atoms with van der Waals surface area (Å²) in [7, 11) is 0. The largest absolute Gasteiger partial charge is 0.434 e. The van der Waals surface area contributed by atoms with Crippen LogP contribution in [0, 0.1) is 0 Å². The summed E-state index contributed by atoms with van der Waals surface area (Å²) >= 11 is 0. The lowest BCUT2D eigenvalue weighted by molar-refractivity contribution is -0.0501. The number of para-hydroxylation sites is 1. The Morgan fingerprint density at radius 1 is 1.04 bits per heavy atom. The summed E-state index contributed by atoms with van der Waals surface area (Å²) in [5, 5.41) is 2.88. The van der Waals surface area contributed by atoms with Gasteiger partial charge in [-0.3, -0.25) is 9.69 Å². The van der Waals surface area contributed by atoms with E-state index in [1.54, 1.807) is 12.1 Å². The van der Waals surface area contributed by atoms with E-state index in [4.69, 9.17) is 0 Å². The molecule has 0 fully saturated rings. The second kappa shape index (κ2) is 10.6. The molecule has 4 nitrogen and oxygen atoms in total. The van der Waals surface area contributed by atoms with E-state index in [0.29, 0.717) is 6.54 Å². The molecule has 0 saturated heterocycles. The molecule has 1 amide bonds. The molecule has 1 atom stereocenters. The van der Waals surface area contributed by atoms with Gasteiger partial charge in [0.05, 0.1) is 5.56 Å². The number of carbonyl (C=O) groups is 1. The highest BCUT2D eigenvalue weighted by molar-refractivity contribution is 5.96. The molecule has 0 aliphatic heterocycles. The van der Waals surface area contributed by atoms with Crippen LogP contribution in [0.1, 0.15) is 29.8 Å². The zero-order chi connectivity index (χ0) is 19.6. The van der Waals surface area contributed by atoms with Crippen molar-refractivity contribution in [2.75, 3.05) is 19.6 Å². The first-order valence-corrected chi connectivity index (χ1v) is 9.15. The molecule has 2 rings (SSSR count). The van der Waals surface area contributed by atoms with Crippen LogP contribution in [0.4, 0.5) is 8.78 Å². The number of rotatable bonds is 10. The predicted molar refractivity (Wildman–Crippen MR) is 102 cm³/mol. The summed E-state index contributed by atoms with van der Waals surface area (Å²) in [5.41, 5.74) is 1.29. The molecule has 0 bridgehead atoms. The summed E-state index contributed by atoms with van der Waals surface area (Å²) in [6, 6.07) is 16.2. The summed E-state index contributed by atoms with van der Waals surface area (Å²) in [4.78, 5) is 14.8. The first-order valence-electron chi connectivity index (χ1n) is 9.15. The van der Waals surface area contributed by atoms with E-state index < -0.39 is 12.5 Å². The molecular formula is C21H26F2N2O2. The van der Waals surface area contributed by atoms with E-state index in [0.717, 1.165) is 19.5 Å². The van der Waals surface area contributed by atoms with Gasteiger partial charge in [0, 0.05) is 12.6 Å². The van der Waals surface area contributed by atoms with E-state index in [2.05, 4.69) is 40.9 Å². The zero-order valence-corrected chi connectivity index (χ0v) is 15.7. The maximum Gasteiger partial charge on any atom is 0.387 e. The van der Waals surface area contributed by atoms with Crippen LogP contribution in [0.25, 0.3) is 0 Å². The second-order valence-corrected chi connectivity index (χ2v) is 6.15. The van der Waals surface area contributed by atoms with E-state index in [9.17, 15) is 13.6 Å². The highest BCUT2D eigenvalue weighted by atomic mass is 19.3. The Morgan fingerprint density at radius 2 is 1.67 bits per heavy atom. The van der Waals surface area contributed by atoms with Crippen LogP contribution in [0.15, 0.2) is 54.6 Å². The highest BCUT2D eigenvalue weighted by Gasteiger charge is 2.20. The van der Waals surface area contributed by atoms with Crippen LogP contribution in [-0.2, 0) is 6.42 Å². The smallest absolute Gasteiger partial charge is 0.387 e. The molecule has 0 aliphatic rings. The number of hydrogen-bond acceptors (Lipinski definition) is 3. The summed E-state index contributed by atoms with van der Waals surface area (Å²) < 4.78 is 29.6. The molecule has 0 spiro atoms. The summed E-state index contributed by atoms with van der Waals surface area (Å²) in [6.45, 7) is 3.31. The summed E-state index contributed by atoms with van der Waals surface area (Å²) in [5.74, 6) is -0.538. The predicted octanol–water partition coefficient (Wildman–Crippen LogP) is 3.97. The van der Waals surface area contributed by atoms with Gasteiger partial charge in [-0.15, -0.1) is 0 Å². The monoisotopic (exact) mass is 376 g/mol. The highest BCUT2D eigenvalue weighted by Crippen LogP contribution is 2.20. The van der Waals surface area contributed by atoms with E-state index >= 15 is 0 Å². The molecule has 2 aromatic rings. The molecule has 2 aromatic carbocycles. The maximum absolute atomic E-state index is 12.6. The quantitative estimate of drug-likeness (QED) is 0.682. The van der Waals surface area contributed by atoms with Gasteiger partial charge in [0.2, 0.25) is 0 Å². The minimum absolute atomic E-state index is 0.106. The minimum atomic E-state index is -2.97. The van der Waals surface area contributed by atoms with Crippen LogP contribution < -0.4 is 10.1 Å². The van der Waals surface area contributed by atoms with Crippen molar-refractivity contribution in [2.45, 2.75) is 32.9 Å². The van der Waals surface area contributed by atoms with Gasteiger partial charge in [-0.1, -0.05) is 56.3 Å². The van der Waals surface area contributed by atoms with E-state index in [1.165, 1.54) is 17.7 Å². The number of alkyl halides is 2. The number of nitrogens with zero attached hydrogens (tertiary/aromatic N) is 1. The van der Waals surface area contributed by atoms with Crippen molar-refractivity contribution >= 4 is 5.91 Å². The molecule has 0 aliphatic carbocycles. The number of halogens is 2. The van der Waals surface area contributed by atoms with Crippen LogP contribution in [0.2, 0.25) is 0 Å². The van der Waals surface area contributed by atoms with Crippen LogP contribution in [-0.4, -0.2) is 43.1 Å². The lowest BCUT2D eigenvalue weighted by Crippen LogP contribution is -2.45. The number of hydrogen-bond donors (Lipinski definition) is 1. The number of nitrogens with one attached hydrogen (secondary N) is 1. The van der Waals surface area contributed by atoms with Crippen molar-refractivity contribution in [3.05, 3.63) is 65.7 Å². The molecular weight excluding hydrogens is 350 g/mol. The molecule has 6 heteroatoms. The molecule has 27 heavy (non-hydrogen) atoms. The minimum Gasteiger partial charge on any atom is -0.434 e. The first-order chi connectivity index (χ1) is 13.0. The lowest BCUT2D eigenvalue weighted by Gasteiger charge is -2.30. The fourth-order valence-corrected chi connectivity index (χ4v) is 3.12. The van der Waals surface area contributed by atoms with Crippen molar-refractivity contribution in [1.82, 2.24) is 10.2 Å². The number of amides is 1. The zero-order valence-electron chi connectivity index (χ0n) is 15.7. The SMILES string of the molecule is CCN(CC)C(CNC(=O)c1ccccc1OC(F)F)Cc1ccccc1. The fraction of sp³-hybridized carbons (Fsp3) is 0.381. The Kier molecular flexibility index (Phi) is 8.20. The number of carbonyl (C=O) groups excluding carboxylic acids is 1. The third-order valence-electron chi connectivity index (χ3n) is 4.49. The van der Waals surface area contributed by atoms with Crippen molar-refractivity contribution in [3.8, 4) is 5.75 Å². The van der Waals surface area contributed by atoms with Gasteiger partial charge in [-0.25, -0.2) is 0 Å². The Balaban J connectivity index is 2.08. The maximum atomic E-state index is 12.6. The van der Waals surface area contributed by atoms with Crippen LogP contribution in [0.5, 0.6) is 5.75 Å². The molecule has 0 radical (unpaired) electrons. The first kappa shape index (κ1) is 20.8. The molecule has 0 aromatic heterocycles. The number of likely N-dealkylation sites (N-methyl/N-ethyl adjacent to an activating group) is 1. The van der Waals surface area contributed by atoms with Crippen molar-refractivity contribution in [1.29, 1.82) is 0 Å². The van der Waals surface area contributed by atoms with Gasteiger partial charge in [0.15, 0.2) is 0 Å². The number of benzene rings is 2. The lowest BCUT2D eigenvalue weighted by atomic mass is 10.0. The van der Waals surface area contributed by atoms with Crippen molar-refractivity contribution in [3.63, 3.8) is 0 Å². The Morgan fingerprint density at radius 3 is 2.30 bits per heavy atom. The van der Waals surface area contributed by atoms with Gasteiger partial charge in [0.25, 0.3) is 5.91 Å². The topological polar surface area (TPSA) is 41.6 Å². The van der Waals surface area contributed by atoms with Gasteiger partial charge in [-0.2, -0.15) is 8.78 Å². The number of ether oxygens (including phenoxy) is 1. The fourth-order valence-electron chi connectivity index (χ4n) is 3.12. The molecule has 1 unspecified atom stereocenters. The molecule has 0 heterocycles. The van der Waals surface area contributed by atoms with Crippen molar-refractivity contribution in [2.24, 2.45) is 0 Å². The van der Waals surface area contributed by atoms with Gasteiger partial charge in [-0.05, 0) is 37.2 Å². The van der Waals surface area contributed by atoms with Crippen LogP contribution >= 0.6 is 0 Å². The van der Waals surface area contributed by atoms with E-state index in [-0.39, 0.29) is 17.4 Å². The Labute approximate surface area is 159 Å². The normalized spacial score (nSPS) is 12.2.